The molecule has 2 aliphatic rings. The van der Waals surface area contributed by atoms with Gasteiger partial charge in [-0.3, -0.25) is 0 Å². The van der Waals surface area contributed by atoms with E-state index in [0.717, 1.165) is 29.1 Å². The van der Waals surface area contributed by atoms with E-state index in [9.17, 15) is 0 Å². The van der Waals surface area contributed by atoms with Gasteiger partial charge < -0.3 is 0 Å². The lowest BCUT2D eigenvalue weighted by Gasteiger charge is -2.18. The van der Waals surface area contributed by atoms with Gasteiger partial charge in [-0.15, -0.1) is 0 Å². The Morgan fingerprint density at radius 3 is 2.18 bits per heavy atom. The maximum atomic E-state index is 2.47. The number of hydrogen-bond acceptors (Lipinski definition) is 0. The Labute approximate surface area is 70.4 Å². The van der Waals surface area contributed by atoms with Crippen molar-refractivity contribution in [2.45, 2.75) is 40.5 Å². The Kier molecular flexibility index (Phi) is 1.41. The third-order valence-electron chi connectivity index (χ3n) is 3.89. The molecule has 0 radical (unpaired) electrons. The molecule has 64 valence electrons. The average Bonchev–Trinajstić information content (AvgIpc) is 2.52. The van der Waals surface area contributed by atoms with E-state index in [1.807, 2.05) is 0 Å². The molecule has 0 saturated heterocycles. The fraction of sp³-hybridized carbons (Fsp3) is 1.00. The first kappa shape index (κ1) is 7.64. The largest absolute Gasteiger partial charge is 0.0628 e. The van der Waals surface area contributed by atoms with Crippen molar-refractivity contribution in [2.75, 3.05) is 0 Å². The lowest BCUT2D eigenvalue weighted by atomic mass is 9.87. The molecule has 2 rings (SSSR count). The van der Waals surface area contributed by atoms with E-state index in [4.69, 9.17) is 0 Å². The van der Waals surface area contributed by atoms with E-state index >= 15 is 0 Å². The van der Waals surface area contributed by atoms with Crippen LogP contribution in [0.2, 0.25) is 0 Å². The van der Waals surface area contributed by atoms with Crippen molar-refractivity contribution in [3.63, 3.8) is 0 Å². The summed E-state index contributed by atoms with van der Waals surface area (Å²) in [6.07, 6.45) is 2.98. The molecule has 2 saturated carbocycles. The molecule has 0 amide bonds. The summed E-state index contributed by atoms with van der Waals surface area (Å²) in [4.78, 5) is 0. The zero-order valence-corrected chi connectivity index (χ0v) is 8.22. The van der Waals surface area contributed by atoms with E-state index < -0.39 is 0 Å². The predicted octanol–water partition coefficient (Wildman–Crippen LogP) is 3.32. The fourth-order valence-corrected chi connectivity index (χ4v) is 3.15. The van der Waals surface area contributed by atoms with Crippen molar-refractivity contribution in [3.8, 4) is 0 Å². The van der Waals surface area contributed by atoms with Crippen LogP contribution in [0.3, 0.4) is 0 Å². The van der Waals surface area contributed by atoms with Gasteiger partial charge in [0.1, 0.15) is 0 Å². The second-order valence-corrected chi connectivity index (χ2v) is 5.45. The van der Waals surface area contributed by atoms with Crippen molar-refractivity contribution >= 4 is 0 Å². The highest BCUT2D eigenvalue weighted by atomic mass is 14.8. The topological polar surface area (TPSA) is 0 Å². The minimum atomic E-state index is 0.842. The van der Waals surface area contributed by atoms with Crippen molar-refractivity contribution in [1.82, 2.24) is 0 Å². The lowest BCUT2D eigenvalue weighted by Crippen LogP contribution is -2.10. The van der Waals surface area contributed by atoms with Gasteiger partial charge >= 0.3 is 0 Å². The van der Waals surface area contributed by atoms with Crippen LogP contribution in [0.4, 0.5) is 0 Å². The van der Waals surface area contributed by atoms with Crippen LogP contribution in [-0.4, -0.2) is 0 Å². The van der Waals surface area contributed by atoms with Gasteiger partial charge in [0.25, 0.3) is 0 Å². The molecule has 4 unspecified atom stereocenters. The van der Waals surface area contributed by atoms with E-state index in [0.29, 0.717) is 0 Å². The average molecular weight is 152 g/mol. The molecule has 0 aliphatic heterocycles. The van der Waals surface area contributed by atoms with E-state index in [-0.39, 0.29) is 0 Å². The fourth-order valence-electron chi connectivity index (χ4n) is 3.15. The summed E-state index contributed by atoms with van der Waals surface area (Å²) in [5.74, 6) is 4.16. The second kappa shape index (κ2) is 2.02. The van der Waals surface area contributed by atoms with E-state index in [1.54, 1.807) is 6.42 Å². The van der Waals surface area contributed by atoms with Crippen LogP contribution in [0.5, 0.6) is 0 Å². The van der Waals surface area contributed by atoms with Gasteiger partial charge in [-0.05, 0) is 41.9 Å². The molecular formula is C11H20. The Hall–Kier alpha value is 0. The van der Waals surface area contributed by atoms with Crippen LogP contribution in [0, 0.1) is 29.1 Å². The number of rotatable bonds is 3. The first-order chi connectivity index (χ1) is 5.05. The molecule has 0 spiro atoms. The Morgan fingerprint density at radius 1 is 1.36 bits per heavy atom. The van der Waals surface area contributed by atoms with Crippen molar-refractivity contribution < 1.29 is 0 Å². The minimum Gasteiger partial charge on any atom is -0.0628 e. The lowest BCUT2D eigenvalue weighted by molar-refractivity contribution is 0.315. The molecular weight excluding hydrogens is 132 g/mol. The zero-order valence-electron chi connectivity index (χ0n) is 8.22. The van der Waals surface area contributed by atoms with Gasteiger partial charge in [0, 0.05) is 0 Å². The summed E-state index contributed by atoms with van der Waals surface area (Å²) < 4.78 is 0. The van der Waals surface area contributed by atoms with Crippen LogP contribution >= 0.6 is 0 Å². The first-order valence-corrected chi connectivity index (χ1v) is 5.05. The summed E-state index contributed by atoms with van der Waals surface area (Å²) in [6.45, 7) is 9.60. The standard InChI is InChI=1S/C11H20/c1-7(2)5-8(3)10-9-6-11(9,10)4/h7-10H,5-6H2,1-4H3. The van der Waals surface area contributed by atoms with Gasteiger partial charge in [0.2, 0.25) is 0 Å². The summed E-state index contributed by atoms with van der Waals surface area (Å²) >= 11 is 0. The molecule has 0 heterocycles. The SMILES string of the molecule is CC(C)CC(C)C1C2CC21C. The van der Waals surface area contributed by atoms with Crippen LogP contribution in [0.15, 0.2) is 0 Å². The molecule has 11 heavy (non-hydrogen) atoms. The molecule has 0 aromatic heterocycles. The van der Waals surface area contributed by atoms with Gasteiger partial charge in [-0.2, -0.15) is 0 Å². The van der Waals surface area contributed by atoms with Gasteiger partial charge in [-0.25, -0.2) is 0 Å². The Bertz CT molecular complexity index is 171. The van der Waals surface area contributed by atoms with Crippen molar-refractivity contribution in [3.05, 3.63) is 0 Å². The number of hydrogen-bond donors (Lipinski definition) is 0. The summed E-state index contributed by atoms with van der Waals surface area (Å²) in [5, 5.41) is 0. The minimum absolute atomic E-state index is 0.842. The predicted molar refractivity (Wildman–Crippen MR) is 48.3 cm³/mol. The summed E-state index contributed by atoms with van der Waals surface area (Å²) in [7, 11) is 0. The van der Waals surface area contributed by atoms with E-state index in [1.165, 1.54) is 6.42 Å². The van der Waals surface area contributed by atoms with E-state index in [2.05, 4.69) is 27.7 Å². The highest BCUT2D eigenvalue weighted by Crippen LogP contribution is 2.82. The summed E-state index contributed by atoms with van der Waals surface area (Å²) in [5.41, 5.74) is 0.842. The van der Waals surface area contributed by atoms with Gasteiger partial charge in [0.15, 0.2) is 0 Å². The maximum absolute atomic E-state index is 2.47. The molecule has 0 aromatic carbocycles. The quantitative estimate of drug-likeness (QED) is 0.582. The monoisotopic (exact) mass is 152 g/mol. The molecule has 0 N–H and O–H groups in total. The van der Waals surface area contributed by atoms with Crippen LogP contribution < -0.4 is 0 Å². The smallest absolute Gasteiger partial charge is 0.0258 e. The third kappa shape index (κ3) is 1.02. The van der Waals surface area contributed by atoms with Crippen LogP contribution in [-0.2, 0) is 0 Å². The summed E-state index contributed by atoms with van der Waals surface area (Å²) in [6, 6.07) is 0. The number of fused-ring (bicyclic) bond motifs is 1. The van der Waals surface area contributed by atoms with Gasteiger partial charge in [0.05, 0.1) is 0 Å². The van der Waals surface area contributed by atoms with Crippen LogP contribution in [0.1, 0.15) is 40.5 Å². The molecule has 2 aliphatic carbocycles. The maximum Gasteiger partial charge on any atom is -0.0258 e. The van der Waals surface area contributed by atoms with Crippen molar-refractivity contribution in [1.29, 1.82) is 0 Å². The Balaban J connectivity index is 1.80. The Morgan fingerprint density at radius 2 is 1.91 bits per heavy atom. The molecule has 2 fully saturated rings. The molecule has 0 nitrogen and oxygen atoms in total. The van der Waals surface area contributed by atoms with Crippen LogP contribution in [0.25, 0.3) is 0 Å². The van der Waals surface area contributed by atoms with Crippen molar-refractivity contribution in [2.24, 2.45) is 29.1 Å². The molecule has 4 atom stereocenters. The molecule has 0 aromatic rings. The highest BCUT2D eigenvalue weighted by Gasteiger charge is 2.75. The van der Waals surface area contributed by atoms with Gasteiger partial charge in [-0.1, -0.05) is 27.7 Å². The first-order valence-electron chi connectivity index (χ1n) is 5.05. The highest BCUT2D eigenvalue weighted by molar-refractivity contribution is 5.23. The second-order valence-electron chi connectivity index (χ2n) is 5.45. The zero-order chi connectivity index (χ0) is 8.22. The molecule has 0 bridgehead atoms. The third-order valence-corrected chi connectivity index (χ3v) is 3.89. The normalized spacial score (nSPS) is 48.8. The molecule has 0 heteroatoms.